The third kappa shape index (κ3) is 28.4. The van der Waals surface area contributed by atoms with Gasteiger partial charge in [0.2, 0.25) is 0 Å². The van der Waals surface area contributed by atoms with E-state index in [0.717, 1.165) is 6.42 Å². The summed E-state index contributed by atoms with van der Waals surface area (Å²) in [6.07, 6.45) is 13.3. The van der Waals surface area contributed by atoms with E-state index in [9.17, 15) is 9.13 Å². The van der Waals surface area contributed by atoms with Crippen LogP contribution in [0.1, 0.15) is 71.1 Å². The van der Waals surface area contributed by atoms with Gasteiger partial charge in [-0.2, -0.15) is 4.31 Å². The first-order valence-corrected chi connectivity index (χ1v) is 10.6. The molecule has 0 bridgehead atoms. The second kappa shape index (κ2) is 14.8. The SMILES string of the molecule is CCCCCCCCCCCCO.O=P(O)(O)OP(=O)(O)O. The summed E-state index contributed by atoms with van der Waals surface area (Å²) in [5, 5.41) is 8.57. The van der Waals surface area contributed by atoms with Gasteiger partial charge in [0.15, 0.2) is 0 Å². The van der Waals surface area contributed by atoms with Gasteiger partial charge in [0.1, 0.15) is 0 Å². The minimum Gasteiger partial charge on any atom is -0.396 e. The van der Waals surface area contributed by atoms with E-state index in [1.54, 1.807) is 0 Å². The third-order valence-electron chi connectivity index (χ3n) is 2.72. The number of hydrogen-bond donors (Lipinski definition) is 5. The first-order chi connectivity index (χ1) is 10.1. The quantitative estimate of drug-likeness (QED) is 0.262. The molecule has 0 radical (unpaired) electrons. The molecule has 0 spiro atoms. The van der Waals surface area contributed by atoms with Crippen LogP contribution in [0, 0.1) is 0 Å². The second-order valence-electron chi connectivity index (χ2n) is 4.97. The van der Waals surface area contributed by atoms with E-state index in [-0.39, 0.29) is 0 Å². The van der Waals surface area contributed by atoms with Crippen molar-refractivity contribution < 1.29 is 38.1 Å². The lowest BCUT2D eigenvalue weighted by molar-refractivity contribution is 0.225. The summed E-state index contributed by atoms with van der Waals surface area (Å²) in [5.41, 5.74) is 0. The summed E-state index contributed by atoms with van der Waals surface area (Å²) in [4.78, 5) is 31.0. The zero-order chi connectivity index (χ0) is 17.5. The monoisotopic (exact) mass is 364 g/mol. The molecule has 0 rings (SSSR count). The van der Waals surface area contributed by atoms with Crippen LogP contribution < -0.4 is 0 Å². The molecule has 0 amide bonds. The van der Waals surface area contributed by atoms with Crippen molar-refractivity contribution in [1.29, 1.82) is 0 Å². The summed E-state index contributed by atoms with van der Waals surface area (Å²) in [6, 6.07) is 0. The standard InChI is InChI=1S/C12H26O.H4O7P2/c1-2-3-4-5-6-7-8-9-10-11-12-13;1-8(2,3)7-9(4,5)6/h13H,2-12H2,1H3;(H2,1,2,3)(H2,4,5,6). The number of hydrogen-bond acceptors (Lipinski definition) is 4. The van der Waals surface area contributed by atoms with Crippen LogP contribution in [0.3, 0.4) is 0 Å². The van der Waals surface area contributed by atoms with E-state index < -0.39 is 15.6 Å². The molecule has 0 aliphatic rings. The van der Waals surface area contributed by atoms with Crippen LogP contribution in [0.2, 0.25) is 0 Å². The fraction of sp³-hybridized carbons (Fsp3) is 1.00. The lowest BCUT2D eigenvalue weighted by atomic mass is 10.1. The molecule has 8 nitrogen and oxygen atoms in total. The van der Waals surface area contributed by atoms with Gasteiger partial charge in [-0.05, 0) is 6.42 Å². The van der Waals surface area contributed by atoms with E-state index in [1.807, 2.05) is 0 Å². The van der Waals surface area contributed by atoms with E-state index in [2.05, 4.69) is 11.2 Å². The molecule has 22 heavy (non-hydrogen) atoms. The Kier molecular flexibility index (Phi) is 16.5. The summed E-state index contributed by atoms with van der Waals surface area (Å²) < 4.78 is 22.2. The highest BCUT2D eigenvalue weighted by Crippen LogP contribution is 2.53. The largest absolute Gasteiger partial charge is 0.478 e. The highest BCUT2D eigenvalue weighted by Gasteiger charge is 2.27. The molecule has 0 aliphatic heterocycles. The number of phosphoric acid groups is 2. The third-order valence-corrected chi connectivity index (χ3v) is 4.43. The number of rotatable bonds is 12. The highest BCUT2D eigenvalue weighted by atomic mass is 31.3. The van der Waals surface area contributed by atoms with Gasteiger partial charge in [-0.3, -0.25) is 0 Å². The van der Waals surface area contributed by atoms with Crippen LogP contribution in [-0.2, 0) is 13.4 Å². The zero-order valence-corrected chi connectivity index (χ0v) is 14.9. The number of aliphatic hydroxyl groups excluding tert-OH is 1. The molecule has 0 unspecified atom stereocenters. The summed E-state index contributed by atoms with van der Waals surface area (Å²) >= 11 is 0. The summed E-state index contributed by atoms with van der Waals surface area (Å²) in [5.74, 6) is 0. The molecular formula is C12H30O8P2. The topological polar surface area (TPSA) is 145 Å². The Labute approximate surface area is 132 Å². The smallest absolute Gasteiger partial charge is 0.396 e. The molecule has 0 aliphatic carbocycles. The van der Waals surface area contributed by atoms with Crippen molar-refractivity contribution in [2.45, 2.75) is 71.1 Å². The molecule has 0 saturated carbocycles. The Morgan fingerprint density at radius 1 is 0.682 bits per heavy atom. The average Bonchev–Trinajstić information content (AvgIpc) is 2.33. The van der Waals surface area contributed by atoms with Crippen LogP contribution >= 0.6 is 15.6 Å². The van der Waals surface area contributed by atoms with Crippen LogP contribution in [-0.4, -0.2) is 31.3 Å². The van der Waals surface area contributed by atoms with Crippen molar-refractivity contribution in [2.75, 3.05) is 6.61 Å². The Morgan fingerprint density at radius 3 is 1.23 bits per heavy atom. The van der Waals surface area contributed by atoms with E-state index in [1.165, 1.54) is 57.8 Å². The average molecular weight is 364 g/mol. The lowest BCUT2D eigenvalue weighted by Gasteiger charge is -2.03. The van der Waals surface area contributed by atoms with E-state index in [4.69, 9.17) is 24.7 Å². The van der Waals surface area contributed by atoms with Crippen LogP contribution in [0.25, 0.3) is 0 Å². The lowest BCUT2D eigenvalue weighted by Crippen LogP contribution is -1.84. The van der Waals surface area contributed by atoms with Crippen molar-refractivity contribution >= 4 is 15.6 Å². The summed E-state index contributed by atoms with van der Waals surface area (Å²) in [7, 11) is -10.1. The summed E-state index contributed by atoms with van der Waals surface area (Å²) in [6.45, 7) is 2.63. The van der Waals surface area contributed by atoms with E-state index >= 15 is 0 Å². The Hall–Kier alpha value is 0.220. The predicted octanol–water partition coefficient (Wildman–Crippen LogP) is 3.09. The van der Waals surface area contributed by atoms with Gasteiger partial charge in [0.25, 0.3) is 0 Å². The van der Waals surface area contributed by atoms with Crippen LogP contribution in [0.4, 0.5) is 0 Å². The van der Waals surface area contributed by atoms with Crippen LogP contribution in [0.5, 0.6) is 0 Å². The fourth-order valence-corrected chi connectivity index (χ4v) is 2.85. The molecule has 0 fully saturated rings. The molecule has 0 atom stereocenters. The fourth-order valence-electron chi connectivity index (χ4n) is 1.74. The first kappa shape index (κ1) is 24.5. The molecule has 0 aromatic carbocycles. The van der Waals surface area contributed by atoms with Crippen LogP contribution in [0.15, 0.2) is 0 Å². The van der Waals surface area contributed by atoms with Gasteiger partial charge in [-0.1, -0.05) is 64.7 Å². The Morgan fingerprint density at radius 2 is 1.00 bits per heavy atom. The van der Waals surface area contributed by atoms with Crippen molar-refractivity contribution in [1.82, 2.24) is 0 Å². The Bertz CT molecular complexity index is 295. The zero-order valence-electron chi connectivity index (χ0n) is 13.1. The van der Waals surface area contributed by atoms with Gasteiger partial charge >= 0.3 is 15.6 Å². The van der Waals surface area contributed by atoms with Crippen molar-refractivity contribution in [3.05, 3.63) is 0 Å². The molecular weight excluding hydrogens is 334 g/mol. The van der Waals surface area contributed by atoms with Gasteiger partial charge in [0, 0.05) is 6.61 Å². The minimum atomic E-state index is -5.05. The Balaban J connectivity index is 0. The number of aliphatic hydroxyl groups is 1. The van der Waals surface area contributed by atoms with Crippen molar-refractivity contribution in [2.24, 2.45) is 0 Å². The molecule has 5 N–H and O–H groups in total. The number of unbranched alkanes of at least 4 members (excludes halogenated alkanes) is 9. The molecule has 0 aromatic rings. The molecule has 136 valence electrons. The first-order valence-electron chi connectivity index (χ1n) is 7.55. The minimum absolute atomic E-state index is 0.372. The van der Waals surface area contributed by atoms with E-state index in [0.29, 0.717) is 6.61 Å². The van der Waals surface area contributed by atoms with Crippen molar-refractivity contribution in [3.8, 4) is 0 Å². The normalized spacial score (nSPS) is 11.9. The highest BCUT2D eigenvalue weighted by molar-refractivity contribution is 7.60. The van der Waals surface area contributed by atoms with Gasteiger partial charge < -0.3 is 24.7 Å². The molecule has 0 heterocycles. The molecule has 0 saturated heterocycles. The molecule has 0 aromatic heterocycles. The maximum absolute atomic E-state index is 9.63. The second-order valence-corrected chi connectivity index (χ2v) is 7.58. The maximum Gasteiger partial charge on any atom is 0.478 e. The van der Waals surface area contributed by atoms with Gasteiger partial charge in [0.05, 0.1) is 0 Å². The van der Waals surface area contributed by atoms with Gasteiger partial charge in [-0.25, -0.2) is 9.13 Å². The maximum atomic E-state index is 9.63. The predicted molar refractivity (Wildman–Crippen MR) is 84.1 cm³/mol. The van der Waals surface area contributed by atoms with Crippen molar-refractivity contribution in [3.63, 3.8) is 0 Å². The molecule has 10 heteroatoms. The van der Waals surface area contributed by atoms with Gasteiger partial charge in [-0.15, -0.1) is 0 Å².